The molecule has 6 nitrogen and oxygen atoms in total. The van der Waals surface area contributed by atoms with E-state index in [2.05, 4.69) is 14.7 Å². The van der Waals surface area contributed by atoms with Crippen LogP contribution in [0.3, 0.4) is 0 Å². The minimum absolute atomic E-state index is 0.0488. The van der Waals surface area contributed by atoms with E-state index in [1.807, 2.05) is 6.92 Å². The van der Waals surface area contributed by atoms with E-state index in [0.717, 1.165) is 16.2 Å². The fourth-order valence-corrected chi connectivity index (χ4v) is 2.89. The monoisotopic (exact) mass is 375 g/mol. The number of amides is 2. The second-order valence-corrected chi connectivity index (χ2v) is 6.61. The lowest BCUT2D eigenvalue weighted by molar-refractivity contribution is -0.159. The Kier molecular flexibility index (Phi) is 5.61. The van der Waals surface area contributed by atoms with Gasteiger partial charge in [0, 0.05) is 17.7 Å². The second-order valence-electron chi connectivity index (χ2n) is 5.44. The van der Waals surface area contributed by atoms with Crippen molar-refractivity contribution in [3.63, 3.8) is 0 Å². The first kappa shape index (κ1) is 19.1. The van der Waals surface area contributed by atoms with Gasteiger partial charge in [-0.15, -0.1) is 11.3 Å². The molecule has 2 aromatic rings. The normalized spacial score (nSPS) is 12.9. The number of carbonyl (C=O) groups is 2. The van der Waals surface area contributed by atoms with Crippen molar-refractivity contribution in [3.05, 3.63) is 22.9 Å². The molecule has 0 bridgehead atoms. The maximum atomic E-state index is 12.5. The lowest BCUT2D eigenvalue weighted by atomic mass is 10.1. The SMILES string of the molecule is CCC(C)C(=O)N(Cc1ccc(-c2noc(C(F)(F)F)n2)s1)C(C)=O. The molecule has 0 fully saturated rings. The van der Waals surface area contributed by atoms with Crippen LogP contribution in [0.25, 0.3) is 10.7 Å². The van der Waals surface area contributed by atoms with Crippen LogP contribution in [0.15, 0.2) is 16.7 Å². The van der Waals surface area contributed by atoms with E-state index in [9.17, 15) is 22.8 Å². The summed E-state index contributed by atoms with van der Waals surface area (Å²) in [6.45, 7) is 4.92. The number of hydrogen-bond donors (Lipinski definition) is 0. The van der Waals surface area contributed by atoms with E-state index in [4.69, 9.17) is 0 Å². The summed E-state index contributed by atoms with van der Waals surface area (Å²) in [5, 5.41) is 3.31. The molecule has 2 aromatic heterocycles. The Labute approximate surface area is 145 Å². The largest absolute Gasteiger partial charge is 0.471 e. The topological polar surface area (TPSA) is 76.3 Å². The Morgan fingerprint density at radius 2 is 2.04 bits per heavy atom. The van der Waals surface area contributed by atoms with Crippen LogP contribution >= 0.6 is 11.3 Å². The zero-order valence-corrected chi connectivity index (χ0v) is 14.6. The molecule has 0 aliphatic carbocycles. The molecule has 0 spiro atoms. The fourth-order valence-electron chi connectivity index (χ4n) is 1.96. The molecule has 2 heterocycles. The average Bonchev–Trinajstić information content (AvgIpc) is 3.19. The first-order chi connectivity index (χ1) is 11.6. The molecule has 1 unspecified atom stereocenters. The van der Waals surface area contributed by atoms with Crippen molar-refractivity contribution in [2.45, 2.75) is 39.9 Å². The molecule has 0 N–H and O–H groups in total. The summed E-state index contributed by atoms with van der Waals surface area (Å²) in [6, 6.07) is 3.14. The third-order valence-corrected chi connectivity index (χ3v) is 4.61. The summed E-state index contributed by atoms with van der Waals surface area (Å²) in [6.07, 6.45) is -4.11. The number of carbonyl (C=O) groups excluding carboxylic acids is 2. The van der Waals surface area contributed by atoms with Crippen LogP contribution < -0.4 is 0 Å². The summed E-state index contributed by atoms with van der Waals surface area (Å²) >= 11 is 1.09. The molecule has 0 aromatic carbocycles. The number of rotatable bonds is 5. The molecule has 0 aliphatic heterocycles. The van der Waals surface area contributed by atoms with Gasteiger partial charge in [0.1, 0.15) is 0 Å². The van der Waals surface area contributed by atoms with Crippen LogP contribution in [0.5, 0.6) is 0 Å². The molecule has 0 saturated heterocycles. The Morgan fingerprint density at radius 3 is 2.56 bits per heavy atom. The van der Waals surface area contributed by atoms with Gasteiger partial charge in [0.15, 0.2) is 0 Å². The van der Waals surface area contributed by atoms with Crippen molar-refractivity contribution in [2.24, 2.45) is 5.92 Å². The Balaban J connectivity index is 2.18. The van der Waals surface area contributed by atoms with E-state index in [1.54, 1.807) is 13.0 Å². The molecule has 2 amide bonds. The van der Waals surface area contributed by atoms with Crippen LogP contribution in [0.4, 0.5) is 13.2 Å². The van der Waals surface area contributed by atoms with Gasteiger partial charge in [0.05, 0.1) is 11.4 Å². The molecular weight excluding hydrogens is 359 g/mol. The van der Waals surface area contributed by atoms with Gasteiger partial charge in [-0.25, -0.2) is 0 Å². The van der Waals surface area contributed by atoms with Crippen molar-refractivity contribution in [2.75, 3.05) is 0 Å². The average molecular weight is 375 g/mol. The van der Waals surface area contributed by atoms with Crippen molar-refractivity contribution >= 4 is 23.2 Å². The molecular formula is C15H16F3N3O3S. The quantitative estimate of drug-likeness (QED) is 0.796. The maximum Gasteiger partial charge on any atom is 0.471 e. The first-order valence-electron chi connectivity index (χ1n) is 7.45. The second kappa shape index (κ2) is 7.34. The summed E-state index contributed by atoms with van der Waals surface area (Å²) in [4.78, 5) is 29.4. The number of thiophene rings is 1. The molecule has 2 rings (SSSR count). The summed E-state index contributed by atoms with van der Waals surface area (Å²) < 4.78 is 41.7. The van der Waals surface area contributed by atoms with Gasteiger partial charge in [0.25, 0.3) is 0 Å². The highest BCUT2D eigenvalue weighted by atomic mass is 32.1. The van der Waals surface area contributed by atoms with Gasteiger partial charge in [-0.2, -0.15) is 18.2 Å². The van der Waals surface area contributed by atoms with Crippen LogP contribution in [-0.2, 0) is 22.3 Å². The highest BCUT2D eigenvalue weighted by molar-refractivity contribution is 7.15. The van der Waals surface area contributed by atoms with E-state index in [-0.39, 0.29) is 30.1 Å². The third kappa shape index (κ3) is 4.44. The van der Waals surface area contributed by atoms with Crippen molar-refractivity contribution in [1.29, 1.82) is 0 Å². The highest BCUT2D eigenvalue weighted by Gasteiger charge is 2.38. The van der Waals surface area contributed by atoms with Gasteiger partial charge in [-0.3, -0.25) is 14.5 Å². The highest BCUT2D eigenvalue weighted by Crippen LogP contribution is 2.32. The molecule has 1 atom stereocenters. The van der Waals surface area contributed by atoms with Crippen molar-refractivity contribution in [3.8, 4) is 10.7 Å². The van der Waals surface area contributed by atoms with Crippen molar-refractivity contribution < 1.29 is 27.3 Å². The molecule has 0 radical (unpaired) electrons. The maximum absolute atomic E-state index is 12.5. The molecule has 0 aliphatic rings. The zero-order chi connectivity index (χ0) is 18.8. The molecule has 25 heavy (non-hydrogen) atoms. The standard InChI is InChI=1S/C15H16F3N3O3S/c1-4-8(2)13(23)21(9(3)22)7-10-5-6-11(25-10)12-19-14(24-20-12)15(16,17)18/h5-6,8H,4,7H2,1-3H3. The van der Waals surface area contributed by atoms with Gasteiger partial charge < -0.3 is 4.52 Å². The third-order valence-electron chi connectivity index (χ3n) is 3.54. The van der Waals surface area contributed by atoms with Gasteiger partial charge in [-0.1, -0.05) is 19.0 Å². The smallest absolute Gasteiger partial charge is 0.329 e. The minimum atomic E-state index is -4.71. The van der Waals surface area contributed by atoms with Crippen LogP contribution in [-0.4, -0.2) is 26.9 Å². The van der Waals surface area contributed by atoms with Crippen molar-refractivity contribution in [1.82, 2.24) is 15.0 Å². The van der Waals surface area contributed by atoms with Gasteiger partial charge >= 0.3 is 12.1 Å². The predicted molar refractivity (Wildman–Crippen MR) is 83.3 cm³/mol. The summed E-state index contributed by atoms with van der Waals surface area (Å²) in [5.41, 5.74) is 0. The van der Waals surface area contributed by atoms with Gasteiger partial charge in [0.2, 0.25) is 17.6 Å². The number of imide groups is 1. The Bertz CT molecular complexity index is 769. The summed E-state index contributed by atoms with van der Waals surface area (Å²) in [7, 11) is 0. The molecule has 0 saturated carbocycles. The van der Waals surface area contributed by atoms with E-state index in [0.29, 0.717) is 16.2 Å². The van der Waals surface area contributed by atoms with E-state index >= 15 is 0 Å². The Morgan fingerprint density at radius 1 is 1.36 bits per heavy atom. The van der Waals surface area contributed by atoms with Crippen LogP contribution in [0.2, 0.25) is 0 Å². The van der Waals surface area contributed by atoms with Crippen LogP contribution in [0, 0.1) is 5.92 Å². The predicted octanol–water partition coefficient (Wildman–Crippen LogP) is 3.74. The fraction of sp³-hybridized carbons (Fsp3) is 0.467. The summed E-state index contributed by atoms with van der Waals surface area (Å²) in [5.74, 6) is -2.58. The van der Waals surface area contributed by atoms with Crippen LogP contribution in [0.1, 0.15) is 38.0 Å². The molecule has 136 valence electrons. The van der Waals surface area contributed by atoms with E-state index < -0.39 is 12.1 Å². The van der Waals surface area contributed by atoms with E-state index in [1.165, 1.54) is 13.0 Å². The Hall–Kier alpha value is -2.23. The lowest BCUT2D eigenvalue weighted by Crippen LogP contribution is -2.37. The number of hydrogen-bond acceptors (Lipinski definition) is 6. The first-order valence-corrected chi connectivity index (χ1v) is 8.27. The number of nitrogens with zero attached hydrogens (tertiary/aromatic N) is 3. The zero-order valence-electron chi connectivity index (χ0n) is 13.8. The minimum Gasteiger partial charge on any atom is -0.329 e. The number of alkyl halides is 3. The molecule has 10 heteroatoms. The lowest BCUT2D eigenvalue weighted by Gasteiger charge is -2.21. The van der Waals surface area contributed by atoms with Gasteiger partial charge in [-0.05, 0) is 18.6 Å². The number of aromatic nitrogens is 2. The number of halogens is 3.